The maximum absolute atomic E-state index is 13.1. The second-order valence-electron chi connectivity index (χ2n) is 5.60. The van der Waals surface area contributed by atoms with Crippen LogP contribution in [-0.4, -0.2) is 18.4 Å². The Bertz CT molecular complexity index is 1080. The minimum absolute atomic E-state index is 0.146. The second kappa shape index (κ2) is 6.87. The Labute approximate surface area is 145 Å². The maximum Gasteiger partial charge on any atom is 0.374 e. The molecule has 0 saturated carbocycles. The van der Waals surface area contributed by atoms with Crippen LogP contribution in [0.15, 0.2) is 51.7 Å². The minimum Gasteiger partial charge on any atom is -0.451 e. The average molecular weight is 358 g/mol. The van der Waals surface area contributed by atoms with E-state index in [2.05, 4.69) is 0 Å². The highest BCUT2D eigenvalue weighted by molar-refractivity contribution is 5.99. The zero-order chi connectivity index (χ0) is 18.8. The van der Waals surface area contributed by atoms with Crippen LogP contribution in [0.4, 0.5) is 8.78 Å². The first-order chi connectivity index (χ1) is 12.3. The molecule has 5 nitrogen and oxygen atoms in total. The van der Waals surface area contributed by atoms with E-state index in [1.54, 1.807) is 18.2 Å². The molecule has 132 valence electrons. The van der Waals surface area contributed by atoms with Gasteiger partial charge in [0.05, 0.1) is 5.39 Å². The number of benzene rings is 2. The number of carbonyl (C=O) groups is 2. The van der Waals surface area contributed by atoms with Gasteiger partial charge in [-0.25, -0.2) is 13.6 Å². The van der Waals surface area contributed by atoms with E-state index in [-0.39, 0.29) is 16.9 Å². The van der Waals surface area contributed by atoms with Gasteiger partial charge in [0, 0.05) is 11.6 Å². The SMILES string of the molecule is Cc1ccc2oc(C(=O)OCC(=O)c3ccc(F)c(F)c3)cc(=O)c2c1. The van der Waals surface area contributed by atoms with Crippen LogP contribution in [0.2, 0.25) is 0 Å². The smallest absolute Gasteiger partial charge is 0.374 e. The van der Waals surface area contributed by atoms with E-state index < -0.39 is 35.4 Å². The van der Waals surface area contributed by atoms with E-state index >= 15 is 0 Å². The van der Waals surface area contributed by atoms with Crippen molar-refractivity contribution in [1.82, 2.24) is 0 Å². The molecule has 1 aromatic heterocycles. The highest BCUT2D eigenvalue weighted by Gasteiger charge is 2.17. The second-order valence-corrected chi connectivity index (χ2v) is 5.60. The van der Waals surface area contributed by atoms with Crippen molar-refractivity contribution >= 4 is 22.7 Å². The predicted octanol–water partition coefficient (Wildman–Crippen LogP) is 3.42. The molecule has 3 rings (SSSR count). The quantitative estimate of drug-likeness (QED) is 0.528. The minimum atomic E-state index is -1.18. The van der Waals surface area contributed by atoms with Crippen molar-refractivity contribution in [2.75, 3.05) is 6.61 Å². The molecule has 0 bridgehead atoms. The van der Waals surface area contributed by atoms with Gasteiger partial charge < -0.3 is 9.15 Å². The zero-order valence-electron chi connectivity index (χ0n) is 13.5. The normalized spacial score (nSPS) is 10.7. The molecule has 0 fully saturated rings. The number of halogens is 2. The Hall–Kier alpha value is -3.35. The maximum atomic E-state index is 13.1. The molecule has 0 amide bonds. The summed E-state index contributed by atoms with van der Waals surface area (Å²) in [6.07, 6.45) is 0. The Balaban J connectivity index is 1.76. The molecule has 0 atom stereocenters. The van der Waals surface area contributed by atoms with Crippen LogP contribution in [0.5, 0.6) is 0 Å². The molecule has 0 unspecified atom stereocenters. The number of carbonyl (C=O) groups excluding carboxylic acids is 2. The standard InChI is InChI=1S/C19H12F2O5/c1-10-2-5-17-12(6-10)15(22)8-18(26-17)19(24)25-9-16(23)11-3-4-13(20)14(21)7-11/h2-8H,9H2,1H3. The largest absolute Gasteiger partial charge is 0.451 e. The lowest BCUT2D eigenvalue weighted by Gasteiger charge is -2.05. The highest BCUT2D eigenvalue weighted by Crippen LogP contribution is 2.15. The van der Waals surface area contributed by atoms with Crippen LogP contribution in [0.25, 0.3) is 11.0 Å². The Kier molecular flexibility index (Phi) is 4.62. The molecule has 0 radical (unpaired) electrons. The van der Waals surface area contributed by atoms with Gasteiger partial charge in [0.15, 0.2) is 29.5 Å². The molecule has 0 aliphatic carbocycles. The summed E-state index contributed by atoms with van der Waals surface area (Å²) in [4.78, 5) is 36.0. The molecule has 3 aromatic rings. The van der Waals surface area contributed by atoms with E-state index in [9.17, 15) is 23.2 Å². The lowest BCUT2D eigenvalue weighted by atomic mass is 10.1. The van der Waals surface area contributed by atoms with E-state index in [1.807, 2.05) is 6.92 Å². The van der Waals surface area contributed by atoms with Crippen molar-refractivity contribution in [3.8, 4) is 0 Å². The number of rotatable bonds is 4. The third kappa shape index (κ3) is 3.51. The van der Waals surface area contributed by atoms with Crippen LogP contribution in [0.1, 0.15) is 26.5 Å². The third-order valence-corrected chi connectivity index (χ3v) is 3.66. The molecule has 0 aliphatic rings. The van der Waals surface area contributed by atoms with E-state index in [4.69, 9.17) is 9.15 Å². The van der Waals surface area contributed by atoms with Gasteiger partial charge >= 0.3 is 5.97 Å². The molecule has 26 heavy (non-hydrogen) atoms. The van der Waals surface area contributed by atoms with Gasteiger partial charge in [-0.1, -0.05) is 11.6 Å². The van der Waals surface area contributed by atoms with Crippen LogP contribution in [0, 0.1) is 18.6 Å². The van der Waals surface area contributed by atoms with Crippen LogP contribution in [0.3, 0.4) is 0 Å². The van der Waals surface area contributed by atoms with Crippen molar-refractivity contribution in [1.29, 1.82) is 0 Å². The summed E-state index contributed by atoms with van der Waals surface area (Å²) in [5, 5.41) is 0.319. The van der Waals surface area contributed by atoms with Gasteiger partial charge in [0.2, 0.25) is 5.76 Å². The van der Waals surface area contributed by atoms with Crippen molar-refractivity contribution in [3.05, 3.63) is 81.2 Å². The van der Waals surface area contributed by atoms with Gasteiger partial charge in [-0.05, 0) is 37.3 Å². The van der Waals surface area contributed by atoms with Crippen LogP contribution >= 0.6 is 0 Å². The third-order valence-electron chi connectivity index (χ3n) is 3.66. The Morgan fingerprint density at radius 3 is 2.54 bits per heavy atom. The lowest BCUT2D eigenvalue weighted by molar-refractivity contribution is 0.0444. The monoisotopic (exact) mass is 358 g/mol. The summed E-state index contributed by atoms with van der Waals surface area (Å²) < 4.78 is 36.2. The molecule has 0 spiro atoms. The Morgan fingerprint density at radius 2 is 1.81 bits per heavy atom. The number of aryl methyl sites for hydroxylation is 1. The van der Waals surface area contributed by atoms with Crippen molar-refractivity contribution in [2.24, 2.45) is 0 Å². The van der Waals surface area contributed by atoms with Gasteiger partial charge in [-0.3, -0.25) is 9.59 Å². The van der Waals surface area contributed by atoms with Gasteiger partial charge in [0.25, 0.3) is 0 Å². The number of ketones is 1. The first-order valence-electron chi connectivity index (χ1n) is 7.55. The predicted molar refractivity (Wildman–Crippen MR) is 88.2 cm³/mol. The summed E-state index contributed by atoms with van der Waals surface area (Å²) in [6.45, 7) is 1.10. The molecule has 1 heterocycles. The number of Topliss-reactive ketones (excluding diaryl/α,β-unsaturated/α-hetero) is 1. The average Bonchev–Trinajstić information content (AvgIpc) is 2.62. The number of ether oxygens (including phenoxy) is 1. The summed E-state index contributed by atoms with van der Waals surface area (Å²) in [6, 6.07) is 8.46. The van der Waals surface area contributed by atoms with Crippen molar-refractivity contribution < 1.29 is 27.5 Å². The van der Waals surface area contributed by atoms with Gasteiger partial charge in [-0.15, -0.1) is 0 Å². The van der Waals surface area contributed by atoms with E-state index in [1.165, 1.54) is 0 Å². The summed E-state index contributed by atoms with van der Waals surface area (Å²) in [5.41, 5.74) is 0.500. The first-order valence-corrected chi connectivity index (χ1v) is 7.55. The number of hydrogen-bond acceptors (Lipinski definition) is 5. The van der Waals surface area contributed by atoms with E-state index in [0.717, 1.165) is 23.8 Å². The molecule has 2 aromatic carbocycles. The zero-order valence-corrected chi connectivity index (χ0v) is 13.5. The molecule has 7 heteroatoms. The molecule has 0 saturated heterocycles. The molecular weight excluding hydrogens is 346 g/mol. The molecule has 0 aliphatic heterocycles. The lowest BCUT2D eigenvalue weighted by Crippen LogP contribution is -2.16. The van der Waals surface area contributed by atoms with Crippen molar-refractivity contribution in [3.63, 3.8) is 0 Å². The number of fused-ring (bicyclic) bond motifs is 1. The summed E-state index contributed by atoms with van der Waals surface area (Å²) in [7, 11) is 0. The Morgan fingerprint density at radius 1 is 1.04 bits per heavy atom. The van der Waals surface area contributed by atoms with Crippen LogP contribution in [-0.2, 0) is 4.74 Å². The van der Waals surface area contributed by atoms with Gasteiger partial charge in [0.1, 0.15) is 5.58 Å². The highest BCUT2D eigenvalue weighted by atomic mass is 19.2. The number of esters is 1. The summed E-state index contributed by atoms with van der Waals surface area (Å²) in [5.74, 6) is -4.37. The fourth-order valence-corrected chi connectivity index (χ4v) is 2.33. The fourth-order valence-electron chi connectivity index (χ4n) is 2.33. The van der Waals surface area contributed by atoms with Gasteiger partial charge in [-0.2, -0.15) is 0 Å². The summed E-state index contributed by atoms with van der Waals surface area (Å²) >= 11 is 0. The van der Waals surface area contributed by atoms with Crippen LogP contribution < -0.4 is 5.43 Å². The molecular formula is C19H12F2O5. The van der Waals surface area contributed by atoms with E-state index in [0.29, 0.717) is 11.5 Å². The number of hydrogen-bond donors (Lipinski definition) is 0. The fraction of sp³-hybridized carbons (Fsp3) is 0.105. The van der Waals surface area contributed by atoms with Crippen molar-refractivity contribution in [2.45, 2.75) is 6.92 Å². The topological polar surface area (TPSA) is 73.6 Å². The first kappa shape index (κ1) is 17.5. The molecule has 0 N–H and O–H groups in total.